The van der Waals surface area contributed by atoms with Crippen molar-refractivity contribution in [2.75, 3.05) is 56.8 Å². The van der Waals surface area contributed by atoms with Crippen LogP contribution in [0.1, 0.15) is 18.3 Å². The monoisotopic (exact) mass is 436 g/mol. The van der Waals surface area contributed by atoms with Gasteiger partial charge in [0.15, 0.2) is 5.82 Å². The molecule has 0 amide bonds. The molecule has 2 heterocycles. The van der Waals surface area contributed by atoms with Crippen LogP contribution in [-0.2, 0) is 21.3 Å². The van der Waals surface area contributed by atoms with Gasteiger partial charge in [0, 0.05) is 27.2 Å². The van der Waals surface area contributed by atoms with Gasteiger partial charge in [-0.3, -0.25) is 0 Å². The summed E-state index contributed by atoms with van der Waals surface area (Å²) in [6.07, 6.45) is 0. The molecule has 1 aliphatic heterocycles. The average Bonchev–Trinajstić information content (AvgIpc) is 2.74. The molecule has 1 saturated heterocycles. The van der Waals surface area contributed by atoms with Crippen LogP contribution in [0.2, 0.25) is 0 Å². The number of benzene rings is 1. The molecule has 0 radical (unpaired) electrons. The fourth-order valence-electron chi connectivity index (χ4n) is 2.93. The highest BCUT2D eigenvalue weighted by molar-refractivity contribution is 7.89. The number of rotatable bonds is 8. The van der Waals surface area contributed by atoms with E-state index in [0.717, 1.165) is 5.56 Å². The lowest BCUT2D eigenvalue weighted by atomic mass is 10.2. The number of morpholine rings is 1. The van der Waals surface area contributed by atoms with Crippen LogP contribution in [0.25, 0.3) is 0 Å². The molecule has 1 aliphatic rings. The Labute approximate surface area is 177 Å². The maximum atomic E-state index is 12.8. The van der Waals surface area contributed by atoms with E-state index in [9.17, 15) is 8.42 Å². The van der Waals surface area contributed by atoms with Crippen molar-refractivity contribution < 1.29 is 17.9 Å². The number of ether oxygens (including phenoxy) is 2. The first kappa shape index (κ1) is 22.2. The Balaban J connectivity index is 1.79. The molecule has 10 nitrogen and oxygen atoms in total. The predicted molar refractivity (Wildman–Crippen MR) is 114 cm³/mol. The highest BCUT2D eigenvalue weighted by atomic mass is 32.2. The summed E-state index contributed by atoms with van der Waals surface area (Å²) in [6.45, 7) is 6.71. The zero-order valence-electron chi connectivity index (χ0n) is 17.8. The number of nitrogens with zero attached hydrogens (tertiary/aromatic N) is 5. The van der Waals surface area contributed by atoms with Gasteiger partial charge >= 0.3 is 0 Å². The Morgan fingerprint density at radius 2 is 1.93 bits per heavy atom. The van der Waals surface area contributed by atoms with Crippen LogP contribution >= 0.6 is 0 Å². The second kappa shape index (κ2) is 9.54. The van der Waals surface area contributed by atoms with Crippen LogP contribution in [0.5, 0.6) is 5.75 Å². The zero-order valence-corrected chi connectivity index (χ0v) is 18.6. The summed E-state index contributed by atoms with van der Waals surface area (Å²) in [6, 6.07) is 4.78. The number of aromatic nitrogens is 3. The molecule has 0 spiro atoms. The first-order valence-electron chi connectivity index (χ1n) is 9.78. The minimum atomic E-state index is -3.74. The Bertz CT molecular complexity index is 977. The second-order valence-corrected chi connectivity index (χ2v) is 8.80. The maximum Gasteiger partial charge on any atom is 0.240 e. The Kier molecular flexibility index (Phi) is 7.06. The van der Waals surface area contributed by atoms with E-state index < -0.39 is 10.0 Å². The summed E-state index contributed by atoms with van der Waals surface area (Å²) in [5.74, 6) is 2.00. The topological polar surface area (TPSA) is 110 Å². The molecular weight excluding hydrogens is 408 g/mol. The van der Waals surface area contributed by atoms with E-state index in [4.69, 9.17) is 9.47 Å². The van der Waals surface area contributed by atoms with Crippen molar-refractivity contribution in [2.45, 2.75) is 25.3 Å². The molecule has 0 unspecified atom stereocenters. The first-order chi connectivity index (χ1) is 14.3. The van der Waals surface area contributed by atoms with E-state index in [1.165, 1.54) is 6.07 Å². The maximum absolute atomic E-state index is 12.8. The molecule has 0 saturated carbocycles. The van der Waals surface area contributed by atoms with Crippen molar-refractivity contribution in [3.63, 3.8) is 0 Å². The Hall–Kier alpha value is -2.50. The van der Waals surface area contributed by atoms with Gasteiger partial charge in [-0.05, 0) is 37.6 Å². The van der Waals surface area contributed by atoms with E-state index in [-0.39, 0.29) is 11.4 Å². The van der Waals surface area contributed by atoms with E-state index >= 15 is 0 Å². The lowest BCUT2D eigenvalue weighted by Crippen LogP contribution is -2.38. The lowest BCUT2D eigenvalue weighted by molar-refractivity contribution is 0.122. The van der Waals surface area contributed by atoms with Crippen LogP contribution in [0, 0.1) is 6.92 Å². The molecule has 0 atom stereocenters. The fraction of sp³-hybridized carbons (Fsp3) is 0.526. The standard InChI is InChI=1S/C19H28N6O4S/c1-5-29-16-7-6-15(12-14(16)2)30(26,27)20-13-17-21-18(24(3)4)23-19(22-17)25-8-10-28-11-9-25/h6-7,12,20H,5,8-11,13H2,1-4H3. The van der Waals surface area contributed by atoms with Gasteiger partial charge in [0.2, 0.25) is 21.9 Å². The summed E-state index contributed by atoms with van der Waals surface area (Å²) in [4.78, 5) is 17.3. The summed E-state index contributed by atoms with van der Waals surface area (Å²) in [7, 11) is -0.0797. The molecule has 2 aromatic rings. The lowest BCUT2D eigenvalue weighted by Gasteiger charge is -2.27. The van der Waals surface area contributed by atoms with Crippen molar-refractivity contribution >= 4 is 21.9 Å². The third-order valence-corrected chi connectivity index (χ3v) is 5.93. The van der Waals surface area contributed by atoms with Crippen LogP contribution in [-0.4, -0.2) is 70.4 Å². The first-order valence-corrected chi connectivity index (χ1v) is 11.3. The Morgan fingerprint density at radius 1 is 1.20 bits per heavy atom. The third-order valence-electron chi connectivity index (χ3n) is 4.53. The van der Waals surface area contributed by atoms with Gasteiger partial charge in [-0.2, -0.15) is 15.0 Å². The van der Waals surface area contributed by atoms with Gasteiger partial charge in [0.25, 0.3) is 0 Å². The molecule has 0 aliphatic carbocycles. The van der Waals surface area contributed by atoms with Crippen molar-refractivity contribution in [3.05, 3.63) is 29.6 Å². The zero-order chi connectivity index (χ0) is 21.7. The largest absolute Gasteiger partial charge is 0.494 e. The number of sulfonamides is 1. The van der Waals surface area contributed by atoms with Gasteiger partial charge in [-0.15, -0.1) is 0 Å². The molecule has 11 heteroatoms. The summed E-state index contributed by atoms with van der Waals surface area (Å²) in [5, 5.41) is 0. The number of anilines is 2. The molecule has 0 bridgehead atoms. The average molecular weight is 437 g/mol. The molecule has 1 aromatic heterocycles. The van der Waals surface area contributed by atoms with Crippen LogP contribution in [0.3, 0.4) is 0 Å². The number of hydrogen-bond donors (Lipinski definition) is 1. The number of nitrogens with one attached hydrogen (secondary N) is 1. The van der Waals surface area contributed by atoms with Gasteiger partial charge < -0.3 is 19.3 Å². The van der Waals surface area contributed by atoms with Crippen molar-refractivity contribution in [1.82, 2.24) is 19.7 Å². The van der Waals surface area contributed by atoms with Crippen molar-refractivity contribution in [2.24, 2.45) is 0 Å². The molecule has 1 N–H and O–H groups in total. The third kappa shape index (κ3) is 5.35. The molecule has 3 rings (SSSR count). The normalized spacial score (nSPS) is 14.6. The van der Waals surface area contributed by atoms with Crippen LogP contribution in [0.4, 0.5) is 11.9 Å². The van der Waals surface area contributed by atoms with Crippen molar-refractivity contribution in [3.8, 4) is 5.75 Å². The van der Waals surface area contributed by atoms with E-state index in [0.29, 0.717) is 56.4 Å². The van der Waals surface area contributed by atoms with Gasteiger partial charge in [0.1, 0.15) is 5.75 Å². The highest BCUT2D eigenvalue weighted by Gasteiger charge is 2.20. The summed E-state index contributed by atoms with van der Waals surface area (Å²) in [5.41, 5.74) is 0.754. The smallest absolute Gasteiger partial charge is 0.240 e. The molecule has 30 heavy (non-hydrogen) atoms. The van der Waals surface area contributed by atoms with Gasteiger partial charge in [-0.1, -0.05) is 0 Å². The number of aryl methyl sites for hydroxylation is 1. The highest BCUT2D eigenvalue weighted by Crippen LogP contribution is 2.22. The van der Waals surface area contributed by atoms with Gasteiger partial charge in [0.05, 0.1) is 31.3 Å². The predicted octanol–water partition coefficient (Wildman–Crippen LogP) is 0.960. The van der Waals surface area contributed by atoms with Crippen molar-refractivity contribution in [1.29, 1.82) is 0 Å². The van der Waals surface area contributed by atoms with Crippen LogP contribution in [0.15, 0.2) is 23.1 Å². The van der Waals surface area contributed by atoms with Crippen LogP contribution < -0.4 is 19.3 Å². The quantitative estimate of drug-likeness (QED) is 0.647. The molecule has 1 fully saturated rings. The van der Waals surface area contributed by atoms with E-state index in [2.05, 4.69) is 19.7 Å². The molecule has 1 aromatic carbocycles. The van der Waals surface area contributed by atoms with Gasteiger partial charge in [-0.25, -0.2) is 13.1 Å². The Morgan fingerprint density at radius 3 is 2.57 bits per heavy atom. The minimum absolute atomic E-state index is 0.0463. The fourth-order valence-corrected chi connectivity index (χ4v) is 3.99. The van der Waals surface area contributed by atoms with E-state index in [1.54, 1.807) is 17.0 Å². The second-order valence-electron chi connectivity index (χ2n) is 7.03. The van der Waals surface area contributed by atoms with E-state index in [1.807, 2.05) is 32.8 Å². The number of hydrogen-bond acceptors (Lipinski definition) is 9. The summed E-state index contributed by atoms with van der Waals surface area (Å²) >= 11 is 0. The summed E-state index contributed by atoms with van der Waals surface area (Å²) < 4.78 is 39.0. The SMILES string of the molecule is CCOc1ccc(S(=O)(=O)NCc2nc(N(C)C)nc(N3CCOCC3)n2)cc1C. The minimum Gasteiger partial charge on any atom is -0.494 e. The molecular formula is C19H28N6O4S. The molecule has 164 valence electrons.